The van der Waals surface area contributed by atoms with Crippen LogP contribution in [0.15, 0.2) is 42.5 Å². The molecule has 0 aliphatic carbocycles. The Morgan fingerprint density at radius 1 is 1.10 bits per heavy atom. The molecule has 2 aromatic rings. The highest BCUT2D eigenvalue weighted by atomic mass is 35.5. The zero-order chi connectivity index (χ0) is 14.7. The van der Waals surface area contributed by atoms with Gasteiger partial charge < -0.3 is 11.1 Å². The summed E-state index contributed by atoms with van der Waals surface area (Å²) in [5, 5.41) is 3.95. The normalized spacial score (nSPS) is 10.6. The first-order chi connectivity index (χ1) is 9.50. The van der Waals surface area contributed by atoms with Crippen molar-refractivity contribution >= 4 is 40.2 Å². The summed E-state index contributed by atoms with van der Waals surface area (Å²) < 4.78 is 0. The van der Waals surface area contributed by atoms with Crippen molar-refractivity contribution in [2.75, 3.05) is 5.32 Å². The average Bonchev–Trinajstić information content (AvgIpc) is 2.38. The number of thiocarbonyl (C=S) groups is 1. The number of rotatable bonds is 4. The van der Waals surface area contributed by atoms with Crippen LogP contribution >= 0.6 is 23.8 Å². The van der Waals surface area contributed by atoms with Crippen LogP contribution in [0, 0.1) is 0 Å². The highest BCUT2D eigenvalue weighted by Gasteiger charge is 2.12. The standard InChI is InChI=1S/C16H17ClN2S/c1-10(2)11-6-3-4-8-13(11)19-14-9-5-7-12(17)15(14)16(18)20/h3-10,19H,1-2H3,(H2,18,20). The molecule has 0 aromatic heterocycles. The van der Waals surface area contributed by atoms with E-state index in [9.17, 15) is 0 Å². The predicted octanol–water partition coefficient (Wildman–Crippen LogP) is 4.84. The molecule has 0 amide bonds. The van der Waals surface area contributed by atoms with Gasteiger partial charge in [0.15, 0.2) is 0 Å². The molecule has 0 spiro atoms. The zero-order valence-corrected chi connectivity index (χ0v) is 13.1. The quantitative estimate of drug-likeness (QED) is 0.794. The van der Waals surface area contributed by atoms with E-state index in [0.29, 0.717) is 21.5 Å². The van der Waals surface area contributed by atoms with Crippen LogP contribution in [0.25, 0.3) is 0 Å². The SMILES string of the molecule is CC(C)c1ccccc1Nc1cccc(Cl)c1C(N)=S. The molecule has 0 unspecified atom stereocenters. The molecule has 104 valence electrons. The van der Waals surface area contributed by atoms with Gasteiger partial charge in [0.2, 0.25) is 0 Å². The molecule has 0 aliphatic rings. The van der Waals surface area contributed by atoms with Gasteiger partial charge in [0.1, 0.15) is 4.99 Å². The molecular formula is C16H17ClN2S. The molecule has 4 heteroatoms. The molecular weight excluding hydrogens is 288 g/mol. The maximum atomic E-state index is 6.19. The first-order valence-electron chi connectivity index (χ1n) is 6.45. The van der Waals surface area contributed by atoms with Crippen molar-refractivity contribution in [2.45, 2.75) is 19.8 Å². The van der Waals surface area contributed by atoms with Crippen molar-refractivity contribution in [2.24, 2.45) is 5.73 Å². The minimum atomic E-state index is 0.292. The third-order valence-electron chi connectivity index (χ3n) is 3.11. The summed E-state index contributed by atoms with van der Waals surface area (Å²) in [6.07, 6.45) is 0. The molecule has 0 saturated carbocycles. The fourth-order valence-corrected chi connectivity index (χ4v) is 2.69. The average molecular weight is 305 g/mol. The van der Waals surface area contributed by atoms with Gasteiger partial charge in [0, 0.05) is 5.69 Å². The highest BCUT2D eigenvalue weighted by molar-refractivity contribution is 7.80. The fraction of sp³-hybridized carbons (Fsp3) is 0.188. The fourth-order valence-electron chi connectivity index (χ4n) is 2.14. The Morgan fingerprint density at radius 2 is 1.75 bits per heavy atom. The Hall–Kier alpha value is -1.58. The Morgan fingerprint density at radius 3 is 2.40 bits per heavy atom. The molecule has 2 aromatic carbocycles. The Labute approximate surface area is 130 Å². The lowest BCUT2D eigenvalue weighted by atomic mass is 10.0. The van der Waals surface area contributed by atoms with E-state index in [0.717, 1.165) is 11.4 Å². The van der Waals surface area contributed by atoms with E-state index in [-0.39, 0.29) is 0 Å². The Balaban J connectivity index is 2.46. The highest BCUT2D eigenvalue weighted by Crippen LogP contribution is 2.31. The third kappa shape index (κ3) is 3.11. The summed E-state index contributed by atoms with van der Waals surface area (Å²) in [5.74, 6) is 0.422. The first-order valence-corrected chi connectivity index (χ1v) is 7.23. The van der Waals surface area contributed by atoms with Gasteiger partial charge in [-0.1, -0.05) is 61.9 Å². The smallest absolute Gasteiger partial charge is 0.107 e. The maximum absolute atomic E-state index is 6.19. The minimum absolute atomic E-state index is 0.292. The first kappa shape index (κ1) is 14.8. The number of benzene rings is 2. The maximum Gasteiger partial charge on any atom is 0.107 e. The van der Waals surface area contributed by atoms with Gasteiger partial charge in [-0.05, 0) is 29.7 Å². The van der Waals surface area contributed by atoms with Crippen molar-refractivity contribution < 1.29 is 0 Å². The van der Waals surface area contributed by atoms with Gasteiger partial charge in [-0.2, -0.15) is 0 Å². The number of halogens is 1. The lowest BCUT2D eigenvalue weighted by Gasteiger charge is -2.17. The van der Waals surface area contributed by atoms with Crippen LogP contribution < -0.4 is 11.1 Å². The molecule has 0 fully saturated rings. The van der Waals surface area contributed by atoms with Gasteiger partial charge in [-0.15, -0.1) is 0 Å². The van der Waals surface area contributed by atoms with Gasteiger partial charge in [0.25, 0.3) is 0 Å². The van der Waals surface area contributed by atoms with Crippen LogP contribution in [-0.2, 0) is 0 Å². The number of hydrogen-bond donors (Lipinski definition) is 2. The zero-order valence-electron chi connectivity index (χ0n) is 11.5. The molecule has 0 saturated heterocycles. The van der Waals surface area contributed by atoms with Gasteiger partial charge >= 0.3 is 0 Å². The van der Waals surface area contributed by atoms with Crippen LogP contribution in [0.4, 0.5) is 11.4 Å². The second-order valence-corrected chi connectivity index (χ2v) is 5.74. The summed E-state index contributed by atoms with van der Waals surface area (Å²) >= 11 is 11.3. The van der Waals surface area contributed by atoms with E-state index < -0.39 is 0 Å². The van der Waals surface area contributed by atoms with Crippen molar-refractivity contribution in [3.63, 3.8) is 0 Å². The number of nitrogens with two attached hydrogens (primary N) is 1. The lowest BCUT2D eigenvalue weighted by Crippen LogP contribution is -2.13. The van der Waals surface area contributed by atoms with E-state index in [4.69, 9.17) is 29.6 Å². The van der Waals surface area contributed by atoms with E-state index in [1.807, 2.05) is 30.3 Å². The van der Waals surface area contributed by atoms with Crippen LogP contribution in [0.3, 0.4) is 0 Å². The Kier molecular flexibility index (Phi) is 4.63. The number of hydrogen-bond acceptors (Lipinski definition) is 2. The lowest BCUT2D eigenvalue weighted by molar-refractivity contribution is 0.869. The minimum Gasteiger partial charge on any atom is -0.389 e. The summed E-state index contributed by atoms with van der Waals surface area (Å²) in [7, 11) is 0. The largest absolute Gasteiger partial charge is 0.389 e. The van der Waals surface area contributed by atoms with Gasteiger partial charge in [0.05, 0.1) is 16.3 Å². The Bertz CT molecular complexity index is 638. The summed E-state index contributed by atoms with van der Waals surface area (Å²) in [4.78, 5) is 0.292. The second-order valence-electron chi connectivity index (χ2n) is 4.89. The van der Waals surface area contributed by atoms with Crippen molar-refractivity contribution in [3.8, 4) is 0 Å². The number of nitrogens with one attached hydrogen (secondary N) is 1. The molecule has 0 bridgehead atoms. The second kappa shape index (κ2) is 6.25. The van der Waals surface area contributed by atoms with Crippen LogP contribution in [0.1, 0.15) is 30.9 Å². The van der Waals surface area contributed by atoms with Crippen molar-refractivity contribution in [1.29, 1.82) is 0 Å². The number of anilines is 2. The molecule has 3 N–H and O–H groups in total. The molecule has 0 aliphatic heterocycles. The van der Waals surface area contributed by atoms with Crippen molar-refractivity contribution in [1.82, 2.24) is 0 Å². The molecule has 20 heavy (non-hydrogen) atoms. The predicted molar refractivity (Wildman–Crippen MR) is 91.2 cm³/mol. The summed E-state index contributed by atoms with van der Waals surface area (Å²) in [6.45, 7) is 4.32. The van der Waals surface area contributed by atoms with E-state index in [1.54, 1.807) is 6.07 Å². The summed E-state index contributed by atoms with van der Waals surface area (Å²) in [6, 6.07) is 13.8. The molecule has 0 radical (unpaired) electrons. The van der Waals surface area contributed by atoms with E-state index in [1.165, 1.54) is 5.56 Å². The summed E-state index contributed by atoms with van der Waals surface area (Å²) in [5.41, 5.74) is 9.57. The van der Waals surface area contributed by atoms with Crippen LogP contribution in [-0.4, -0.2) is 4.99 Å². The van der Waals surface area contributed by atoms with Crippen LogP contribution in [0.5, 0.6) is 0 Å². The molecule has 0 atom stereocenters. The van der Waals surface area contributed by atoms with E-state index >= 15 is 0 Å². The van der Waals surface area contributed by atoms with Crippen molar-refractivity contribution in [3.05, 3.63) is 58.6 Å². The molecule has 0 heterocycles. The van der Waals surface area contributed by atoms with Gasteiger partial charge in [-0.25, -0.2) is 0 Å². The monoisotopic (exact) mass is 304 g/mol. The van der Waals surface area contributed by atoms with Crippen LogP contribution in [0.2, 0.25) is 5.02 Å². The number of para-hydroxylation sites is 1. The molecule has 2 rings (SSSR count). The topological polar surface area (TPSA) is 38.0 Å². The molecule has 2 nitrogen and oxygen atoms in total. The third-order valence-corrected chi connectivity index (χ3v) is 3.63. The van der Waals surface area contributed by atoms with Gasteiger partial charge in [-0.3, -0.25) is 0 Å². The van der Waals surface area contributed by atoms with E-state index in [2.05, 4.69) is 25.2 Å².